The number of carbonyl (C=O) groups is 2. The Kier molecular flexibility index (Phi) is 7.80. The SMILES string of the molecule is CCOC(=O)N1CCN(C(=O)c2cccc(CSc3ccc(-c4ccc(C)cc4)nn3)c2)CC1. The molecular weight excluding hydrogens is 448 g/mol. The van der Waals surface area contributed by atoms with Gasteiger partial charge in [-0.05, 0) is 43.7 Å². The zero-order valence-electron chi connectivity index (χ0n) is 19.4. The number of ether oxygens (including phenoxy) is 1. The van der Waals surface area contributed by atoms with E-state index < -0.39 is 0 Å². The summed E-state index contributed by atoms with van der Waals surface area (Å²) in [6.07, 6.45) is -0.316. The fraction of sp³-hybridized carbons (Fsp3) is 0.308. The highest BCUT2D eigenvalue weighted by Crippen LogP contribution is 2.24. The topological polar surface area (TPSA) is 75.6 Å². The van der Waals surface area contributed by atoms with Gasteiger partial charge >= 0.3 is 6.09 Å². The summed E-state index contributed by atoms with van der Waals surface area (Å²) in [6.45, 7) is 6.17. The number of thioether (sulfide) groups is 1. The molecule has 2 heterocycles. The fourth-order valence-corrected chi connectivity index (χ4v) is 4.47. The summed E-state index contributed by atoms with van der Waals surface area (Å²) in [5, 5.41) is 9.55. The highest BCUT2D eigenvalue weighted by Gasteiger charge is 2.25. The number of piperazine rings is 1. The van der Waals surface area contributed by atoms with E-state index in [1.54, 1.807) is 28.5 Å². The molecule has 2 amide bonds. The summed E-state index contributed by atoms with van der Waals surface area (Å²) in [6, 6.07) is 19.9. The van der Waals surface area contributed by atoms with Gasteiger partial charge in [-0.1, -0.05) is 53.7 Å². The number of amides is 2. The van der Waals surface area contributed by atoms with Crippen molar-refractivity contribution in [1.82, 2.24) is 20.0 Å². The van der Waals surface area contributed by atoms with Gasteiger partial charge in [-0.3, -0.25) is 4.79 Å². The van der Waals surface area contributed by atoms with Crippen LogP contribution < -0.4 is 0 Å². The standard InChI is InChI=1S/C26H28N4O3S/c1-3-33-26(32)30-15-13-29(14-16-30)25(31)22-6-4-5-20(17-22)18-34-24-12-11-23(27-28-24)21-9-7-19(2)8-10-21/h4-12,17H,3,13-16,18H2,1-2H3. The van der Waals surface area contributed by atoms with Crippen molar-refractivity contribution in [3.63, 3.8) is 0 Å². The van der Waals surface area contributed by atoms with Gasteiger partial charge in [0, 0.05) is 43.1 Å². The van der Waals surface area contributed by atoms with Crippen molar-refractivity contribution in [2.24, 2.45) is 0 Å². The first-order valence-corrected chi connectivity index (χ1v) is 12.4. The van der Waals surface area contributed by atoms with E-state index in [1.807, 2.05) is 48.5 Å². The Morgan fingerprint density at radius 1 is 0.941 bits per heavy atom. The van der Waals surface area contributed by atoms with Crippen LogP contribution in [-0.4, -0.2) is 64.8 Å². The molecular formula is C26H28N4O3S. The second-order valence-corrected chi connectivity index (χ2v) is 9.09. The first-order chi connectivity index (χ1) is 16.5. The number of benzene rings is 2. The minimum atomic E-state index is -0.316. The maximum atomic E-state index is 13.0. The lowest BCUT2D eigenvalue weighted by molar-refractivity contribution is 0.0570. The number of aryl methyl sites for hydroxylation is 1. The summed E-state index contributed by atoms with van der Waals surface area (Å²) >= 11 is 1.59. The number of rotatable bonds is 6. The van der Waals surface area contributed by atoms with Crippen LogP contribution in [-0.2, 0) is 10.5 Å². The Labute approximate surface area is 204 Å². The molecule has 1 aliphatic rings. The quantitative estimate of drug-likeness (QED) is 0.482. The van der Waals surface area contributed by atoms with Gasteiger partial charge in [-0.2, -0.15) is 0 Å². The van der Waals surface area contributed by atoms with E-state index in [9.17, 15) is 9.59 Å². The van der Waals surface area contributed by atoms with Gasteiger partial charge in [0.05, 0.1) is 12.3 Å². The van der Waals surface area contributed by atoms with Crippen molar-refractivity contribution >= 4 is 23.8 Å². The lowest BCUT2D eigenvalue weighted by atomic mass is 10.1. The molecule has 34 heavy (non-hydrogen) atoms. The Bertz CT molecular complexity index is 1130. The van der Waals surface area contributed by atoms with Gasteiger partial charge in [-0.25, -0.2) is 4.79 Å². The first-order valence-electron chi connectivity index (χ1n) is 11.4. The van der Waals surface area contributed by atoms with Crippen LogP contribution in [0.1, 0.15) is 28.4 Å². The van der Waals surface area contributed by atoms with E-state index in [-0.39, 0.29) is 12.0 Å². The summed E-state index contributed by atoms with van der Waals surface area (Å²) in [4.78, 5) is 28.3. The molecule has 8 heteroatoms. The molecule has 0 unspecified atom stereocenters. The van der Waals surface area contributed by atoms with Gasteiger partial charge < -0.3 is 14.5 Å². The number of aromatic nitrogens is 2. The minimum Gasteiger partial charge on any atom is -0.450 e. The summed E-state index contributed by atoms with van der Waals surface area (Å²) < 4.78 is 5.05. The molecule has 4 rings (SSSR count). The molecule has 0 radical (unpaired) electrons. The first kappa shape index (κ1) is 23.8. The van der Waals surface area contributed by atoms with E-state index in [0.29, 0.717) is 44.1 Å². The van der Waals surface area contributed by atoms with Crippen molar-refractivity contribution in [2.45, 2.75) is 24.6 Å². The zero-order chi connectivity index (χ0) is 23.9. The number of hydrogen-bond donors (Lipinski definition) is 0. The van der Waals surface area contributed by atoms with Crippen LogP contribution in [0.4, 0.5) is 4.79 Å². The number of carbonyl (C=O) groups excluding carboxylic acids is 2. The number of hydrogen-bond acceptors (Lipinski definition) is 6. The molecule has 0 aliphatic carbocycles. The van der Waals surface area contributed by atoms with E-state index >= 15 is 0 Å². The normalized spacial score (nSPS) is 13.6. The second kappa shape index (κ2) is 11.2. The van der Waals surface area contributed by atoms with Crippen molar-refractivity contribution in [3.05, 3.63) is 77.4 Å². The predicted molar refractivity (Wildman–Crippen MR) is 133 cm³/mol. The van der Waals surface area contributed by atoms with Crippen LogP contribution in [0.2, 0.25) is 0 Å². The summed E-state index contributed by atoms with van der Waals surface area (Å²) in [5.74, 6) is 0.675. The third-order valence-electron chi connectivity index (χ3n) is 5.64. The van der Waals surface area contributed by atoms with Crippen molar-refractivity contribution in [3.8, 4) is 11.3 Å². The van der Waals surface area contributed by atoms with Crippen molar-refractivity contribution in [1.29, 1.82) is 0 Å². The molecule has 0 bridgehead atoms. The van der Waals surface area contributed by atoms with Crippen LogP contribution in [0.3, 0.4) is 0 Å². The minimum absolute atomic E-state index is 0.0161. The Morgan fingerprint density at radius 2 is 1.68 bits per heavy atom. The van der Waals surface area contributed by atoms with E-state index in [1.165, 1.54) is 5.56 Å². The number of nitrogens with zero attached hydrogens (tertiary/aromatic N) is 4. The summed E-state index contributed by atoms with van der Waals surface area (Å²) in [7, 11) is 0. The lowest BCUT2D eigenvalue weighted by Gasteiger charge is -2.34. The molecule has 1 aromatic heterocycles. The van der Waals surface area contributed by atoms with Gasteiger partial charge in [0.2, 0.25) is 0 Å². The van der Waals surface area contributed by atoms with Crippen LogP contribution in [0, 0.1) is 6.92 Å². The van der Waals surface area contributed by atoms with Crippen molar-refractivity contribution < 1.29 is 14.3 Å². The Hall–Kier alpha value is -3.39. The average molecular weight is 477 g/mol. The third-order valence-corrected chi connectivity index (χ3v) is 6.63. The van der Waals surface area contributed by atoms with E-state index in [0.717, 1.165) is 21.8 Å². The Balaban J connectivity index is 1.32. The molecule has 176 valence electrons. The molecule has 1 aliphatic heterocycles. The monoisotopic (exact) mass is 476 g/mol. The van der Waals surface area contributed by atoms with Crippen LogP contribution >= 0.6 is 11.8 Å². The predicted octanol–water partition coefficient (Wildman–Crippen LogP) is 4.66. The van der Waals surface area contributed by atoms with Crippen molar-refractivity contribution in [2.75, 3.05) is 32.8 Å². The van der Waals surface area contributed by atoms with Crippen LogP contribution in [0.5, 0.6) is 0 Å². The maximum Gasteiger partial charge on any atom is 0.409 e. The average Bonchev–Trinajstić information content (AvgIpc) is 2.88. The molecule has 0 spiro atoms. The van der Waals surface area contributed by atoms with Crippen LogP contribution in [0.15, 0.2) is 65.7 Å². The largest absolute Gasteiger partial charge is 0.450 e. The van der Waals surface area contributed by atoms with Gasteiger partial charge in [-0.15, -0.1) is 10.2 Å². The molecule has 0 N–H and O–H groups in total. The smallest absolute Gasteiger partial charge is 0.409 e. The molecule has 1 fully saturated rings. The highest BCUT2D eigenvalue weighted by atomic mass is 32.2. The fourth-order valence-electron chi connectivity index (χ4n) is 3.72. The molecule has 1 saturated heterocycles. The summed E-state index contributed by atoms with van der Waals surface area (Å²) in [5.41, 5.74) is 4.81. The highest BCUT2D eigenvalue weighted by molar-refractivity contribution is 7.98. The molecule has 0 atom stereocenters. The van der Waals surface area contributed by atoms with Crippen LogP contribution in [0.25, 0.3) is 11.3 Å². The molecule has 3 aromatic rings. The van der Waals surface area contributed by atoms with E-state index in [4.69, 9.17) is 4.74 Å². The maximum absolute atomic E-state index is 13.0. The molecule has 2 aromatic carbocycles. The van der Waals surface area contributed by atoms with E-state index in [2.05, 4.69) is 29.3 Å². The Morgan fingerprint density at radius 3 is 2.35 bits per heavy atom. The third kappa shape index (κ3) is 5.94. The zero-order valence-corrected chi connectivity index (χ0v) is 20.3. The molecule has 7 nitrogen and oxygen atoms in total. The second-order valence-electron chi connectivity index (χ2n) is 8.09. The lowest BCUT2D eigenvalue weighted by Crippen LogP contribution is -2.50. The van der Waals surface area contributed by atoms with Gasteiger partial charge in [0.15, 0.2) is 0 Å². The van der Waals surface area contributed by atoms with Gasteiger partial charge in [0.25, 0.3) is 5.91 Å². The molecule has 0 saturated carbocycles. The van der Waals surface area contributed by atoms with Gasteiger partial charge in [0.1, 0.15) is 5.03 Å².